The van der Waals surface area contributed by atoms with Crippen LogP contribution >= 0.6 is 15.9 Å². The Kier molecular flexibility index (Phi) is 3.76. The summed E-state index contributed by atoms with van der Waals surface area (Å²) in [6.45, 7) is 5.78. The predicted octanol–water partition coefficient (Wildman–Crippen LogP) is 3.08. The Balaban J connectivity index is 1.93. The van der Waals surface area contributed by atoms with E-state index in [1.807, 2.05) is 6.20 Å². The third kappa shape index (κ3) is 3.28. The van der Waals surface area contributed by atoms with Crippen molar-refractivity contribution in [2.45, 2.75) is 26.3 Å². The lowest BCUT2D eigenvalue weighted by molar-refractivity contribution is 0.175. The zero-order valence-electron chi connectivity index (χ0n) is 9.12. The molecule has 1 unspecified atom stereocenters. The van der Waals surface area contributed by atoms with Gasteiger partial charge in [0.05, 0.1) is 5.69 Å². The van der Waals surface area contributed by atoms with Gasteiger partial charge in [-0.2, -0.15) is 0 Å². The van der Waals surface area contributed by atoms with Gasteiger partial charge in [-0.05, 0) is 53.4 Å². The first-order valence-corrected chi connectivity index (χ1v) is 6.36. The Morgan fingerprint density at radius 1 is 1.53 bits per heavy atom. The molecule has 1 fully saturated rings. The Morgan fingerprint density at radius 3 is 3.07 bits per heavy atom. The number of halogens is 1. The lowest BCUT2D eigenvalue weighted by Crippen LogP contribution is -2.33. The van der Waals surface area contributed by atoms with Crippen molar-refractivity contribution in [3.63, 3.8) is 0 Å². The van der Waals surface area contributed by atoms with Gasteiger partial charge in [-0.15, -0.1) is 0 Å². The van der Waals surface area contributed by atoms with Crippen molar-refractivity contribution >= 4 is 15.9 Å². The molecule has 1 aromatic heterocycles. The predicted molar refractivity (Wildman–Crippen MR) is 65.6 cm³/mol. The van der Waals surface area contributed by atoms with Crippen molar-refractivity contribution in [1.29, 1.82) is 0 Å². The second-order valence-electron chi connectivity index (χ2n) is 4.45. The van der Waals surface area contributed by atoms with Crippen LogP contribution in [0, 0.1) is 5.92 Å². The number of rotatable bonds is 2. The summed E-state index contributed by atoms with van der Waals surface area (Å²) in [4.78, 5) is 6.91. The van der Waals surface area contributed by atoms with Gasteiger partial charge in [0, 0.05) is 23.8 Å². The summed E-state index contributed by atoms with van der Waals surface area (Å²) in [5.41, 5.74) is 1.17. The summed E-state index contributed by atoms with van der Waals surface area (Å²) in [6.07, 6.45) is 4.59. The highest BCUT2D eigenvalue weighted by Crippen LogP contribution is 2.17. The Labute approximate surface area is 99.8 Å². The highest BCUT2D eigenvalue weighted by Gasteiger charge is 2.16. The highest BCUT2D eigenvalue weighted by atomic mass is 79.9. The molecule has 2 heterocycles. The number of likely N-dealkylation sites (tertiary alicyclic amines) is 1. The molecule has 0 saturated carbocycles. The van der Waals surface area contributed by atoms with E-state index in [4.69, 9.17) is 0 Å². The first kappa shape index (κ1) is 11.1. The maximum atomic E-state index is 4.41. The van der Waals surface area contributed by atoms with E-state index < -0.39 is 0 Å². The van der Waals surface area contributed by atoms with Gasteiger partial charge in [-0.3, -0.25) is 9.88 Å². The molecule has 2 rings (SSSR count). The van der Waals surface area contributed by atoms with Gasteiger partial charge >= 0.3 is 0 Å². The molecule has 2 nitrogen and oxygen atoms in total. The minimum absolute atomic E-state index is 0.842. The molecule has 0 aromatic carbocycles. The fourth-order valence-electron chi connectivity index (χ4n) is 2.16. The Bertz CT molecular complexity index is 310. The van der Waals surface area contributed by atoms with Crippen LogP contribution in [0.2, 0.25) is 0 Å². The summed E-state index contributed by atoms with van der Waals surface area (Å²) >= 11 is 3.40. The highest BCUT2D eigenvalue weighted by molar-refractivity contribution is 9.10. The van der Waals surface area contributed by atoms with E-state index in [0.717, 1.165) is 16.9 Å². The molecule has 1 aliphatic rings. The minimum Gasteiger partial charge on any atom is -0.297 e. The first-order chi connectivity index (χ1) is 7.24. The fraction of sp³-hybridized carbons (Fsp3) is 0.583. The number of aromatic nitrogens is 1. The van der Waals surface area contributed by atoms with E-state index in [9.17, 15) is 0 Å². The quantitative estimate of drug-likeness (QED) is 0.820. The number of nitrogens with zero attached hydrogens (tertiary/aromatic N) is 2. The van der Waals surface area contributed by atoms with Crippen molar-refractivity contribution in [2.24, 2.45) is 5.92 Å². The van der Waals surface area contributed by atoms with E-state index in [-0.39, 0.29) is 0 Å². The van der Waals surface area contributed by atoms with E-state index in [2.05, 4.69) is 44.9 Å². The molecule has 0 bridgehead atoms. The average Bonchev–Trinajstić information content (AvgIpc) is 2.22. The van der Waals surface area contributed by atoms with Gasteiger partial charge in [0.2, 0.25) is 0 Å². The van der Waals surface area contributed by atoms with Crippen LogP contribution in [0.5, 0.6) is 0 Å². The molecule has 0 amide bonds. The maximum Gasteiger partial charge on any atom is 0.0544 e. The molecule has 3 heteroatoms. The van der Waals surface area contributed by atoms with Crippen molar-refractivity contribution in [3.05, 3.63) is 28.5 Å². The van der Waals surface area contributed by atoms with Crippen LogP contribution in [-0.2, 0) is 6.54 Å². The largest absolute Gasteiger partial charge is 0.297 e. The van der Waals surface area contributed by atoms with Gasteiger partial charge in [-0.1, -0.05) is 6.92 Å². The molecule has 15 heavy (non-hydrogen) atoms. The van der Waals surface area contributed by atoms with Crippen LogP contribution in [0.4, 0.5) is 0 Å². The smallest absolute Gasteiger partial charge is 0.0544 e. The lowest BCUT2D eigenvalue weighted by atomic mass is 10.0. The van der Waals surface area contributed by atoms with Crippen LogP contribution in [-0.4, -0.2) is 23.0 Å². The van der Waals surface area contributed by atoms with Gasteiger partial charge in [-0.25, -0.2) is 0 Å². The molecule has 1 aromatic rings. The van der Waals surface area contributed by atoms with Gasteiger partial charge in [0.25, 0.3) is 0 Å². The summed E-state index contributed by atoms with van der Waals surface area (Å²) in [5.74, 6) is 0.842. The Hall–Kier alpha value is -0.410. The summed E-state index contributed by atoms with van der Waals surface area (Å²) in [7, 11) is 0. The monoisotopic (exact) mass is 268 g/mol. The Morgan fingerprint density at radius 2 is 2.40 bits per heavy atom. The fourth-order valence-corrected chi connectivity index (χ4v) is 2.39. The van der Waals surface area contributed by atoms with Crippen molar-refractivity contribution < 1.29 is 0 Å². The van der Waals surface area contributed by atoms with E-state index in [0.29, 0.717) is 0 Å². The topological polar surface area (TPSA) is 16.1 Å². The molecule has 1 saturated heterocycles. The van der Waals surface area contributed by atoms with E-state index >= 15 is 0 Å². The van der Waals surface area contributed by atoms with Gasteiger partial charge in [0.1, 0.15) is 0 Å². The zero-order valence-corrected chi connectivity index (χ0v) is 10.7. The number of hydrogen-bond acceptors (Lipinski definition) is 2. The third-order valence-electron chi connectivity index (χ3n) is 2.92. The van der Waals surface area contributed by atoms with Gasteiger partial charge in [0.15, 0.2) is 0 Å². The van der Waals surface area contributed by atoms with E-state index in [1.165, 1.54) is 31.6 Å². The molecule has 1 aliphatic heterocycles. The lowest BCUT2D eigenvalue weighted by Gasteiger charge is -2.30. The molecule has 1 atom stereocenters. The van der Waals surface area contributed by atoms with Crippen LogP contribution < -0.4 is 0 Å². The second-order valence-corrected chi connectivity index (χ2v) is 5.37. The molecule has 0 N–H and O–H groups in total. The molecule has 0 radical (unpaired) electrons. The summed E-state index contributed by atoms with van der Waals surface area (Å²) in [5, 5.41) is 0. The first-order valence-electron chi connectivity index (χ1n) is 5.57. The van der Waals surface area contributed by atoms with Crippen LogP contribution in [0.3, 0.4) is 0 Å². The summed E-state index contributed by atoms with van der Waals surface area (Å²) in [6, 6.07) is 4.17. The normalized spacial score (nSPS) is 22.9. The second kappa shape index (κ2) is 5.08. The molecular formula is C12H17BrN2. The van der Waals surface area contributed by atoms with Crippen molar-refractivity contribution in [3.8, 4) is 0 Å². The number of piperidine rings is 1. The van der Waals surface area contributed by atoms with Crippen LogP contribution in [0.25, 0.3) is 0 Å². The number of pyridine rings is 1. The molecule has 0 spiro atoms. The van der Waals surface area contributed by atoms with Crippen molar-refractivity contribution in [1.82, 2.24) is 9.88 Å². The number of hydrogen-bond donors (Lipinski definition) is 0. The van der Waals surface area contributed by atoms with Crippen LogP contribution in [0.1, 0.15) is 25.5 Å². The van der Waals surface area contributed by atoms with Crippen LogP contribution in [0.15, 0.2) is 22.8 Å². The minimum atomic E-state index is 0.842. The van der Waals surface area contributed by atoms with Crippen molar-refractivity contribution in [2.75, 3.05) is 13.1 Å². The zero-order chi connectivity index (χ0) is 10.7. The SMILES string of the molecule is CC1CCCN(Cc2ccc(Br)cn2)C1. The van der Waals surface area contributed by atoms with E-state index in [1.54, 1.807) is 0 Å². The third-order valence-corrected chi connectivity index (χ3v) is 3.38. The molecule has 0 aliphatic carbocycles. The summed E-state index contributed by atoms with van der Waals surface area (Å²) < 4.78 is 1.05. The molecular weight excluding hydrogens is 252 g/mol. The maximum absolute atomic E-state index is 4.41. The van der Waals surface area contributed by atoms with Gasteiger partial charge < -0.3 is 0 Å². The molecule has 82 valence electrons. The standard InChI is InChI=1S/C12H17BrN2/c1-10-3-2-6-15(8-10)9-12-5-4-11(13)7-14-12/h4-5,7,10H,2-3,6,8-9H2,1H3. The average molecular weight is 269 g/mol.